The molecule has 1 amide bonds. The number of halogens is 2. The third-order valence-electron chi connectivity index (χ3n) is 4.28. The Bertz CT molecular complexity index is 1010. The minimum Gasteiger partial charge on any atom is -0.372 e. The van der Waals surface area contributed by atoms with E-state index in [1.165, 1.54) is 11.3 Å². The van der Waals surface area contributed by atoms with Crippen molar-refractivity contribution in [3.05, 3.63) is 57.4 Å². The Labute approximate surface area is 183 Å². The van der Waals surface area contributed by atoms with Crippen LogP contribution in [0.25, 0.3) is 10.1 Å². The number of nitrogens with one attached hydrogen (secondary N) is 2. The van der Waals surface area contributed by atoms with E-state index in [0.717, 1.165) is 34.6 Å². The maximum Gasteiger partial charge on any atom is 0.269 e. The summed E-state index contributed by atoms with van der Waals surface area (Å²) in [4.78, 5) is 15.2. The number of hydrogen-bond donors (Lipinski definition) is 2. The van der Waals surface area contributed by atoms with Crippen LogP contribution in [0.1, 0.15) is 23.5 Å². The van der Waals surface area contributed by atoms with E-state index in [9.17, 15) is 4.79 Å². The van der Waals surface area contributed by atoms with Gasteiger partial charge in [-0.3, -0.25) is 10.1 Å². The van der Waals surface area contributed by atoms with E-state index in [-0.39, 0.29) is 11.0 Å². The lowest BCUT2D eigenvalue weighted by atomic mass is 10.2. The van der Waals surface area contributed by atoms with E-state index in [2.05, 4.69) is 29.4 Å². The normalized spacial score (nSPS) is 10.7. The maximum absolute atomic E-state index is 12.6. The van der Waals surface area contributed by atoms with Gasteiger partial charge in [-0.2, -0.15) is 0 Å². The largest absolute Gasteiger partial charge is 0.372 e. The van der Waals surface area contributed by atoms with Gasteiger partial charge in [-0.1, -0.05) is 29.3 Å². The monoisotopic (exact) mass is 451 g/mol. The molecule has 1 heterocycles. The molecule has 0 radical (unpaired) electrons. The Morgan fingerprint density at radius 2 is 1.79 bits per heavy atom. The van der Waals surface area contributed by atoms with Crippen LogP contribution in [0.15, 0.2) is 42.5 Å². The summed E-state index contributed by atoms with van der Waals surface area (Å²) < 4.78 is 0.855. The number of rotatable bonds is 5. The van der Waals surface area contributed by atoms with Crippen molar-refractivity contribution in [2.45, 2.75) is 13.8 Å². The predicted molar refractivity (Wildman–Crippen MR) is 126 cm³/mol. The standard InChI is InChI=1S/C20H19Cl2N3OS2/c1-3-25(4-2)14-8-6-13(7-9-14)23-20(27)24-19(26)18-17(22)15-10-5-12(21)11-16(15)28-18/h5-11H,3-4H2,1-2H3,(H2,23,24,26,27). The predicted octanol–water partition coefficient (Wildman–Crippen LogP) is 6.18. The zero-order valence-corrected chi connectivity index (χ0v) is 18.5. The number of amides is 1. The molecule has 146 valence electrons. The first kappa shape index (κ1) is 20.9. The van der Waals surface area contributed by atoms with Crippen molar-refractivity contribution in [2.24, 2.45) is 0 Å². The molecule has 0 saturated carbocycles. The highest BCUT2D eigenvalue weighted by Gasteiger charge is 2.18. The van der Waals surface area contributed by atoms with E-state index >= 15 is 0 Å². The molecule has 2 aromatic carbocycles. The molecule has 28 heavy (non-hydrogen) atoms. The van der Waals surface area contributed by atoms with Crippen LogP contribution >= 0.6 is 46.8 Å². The summed E-state index contributed by atoms with van der Waals surface area (Å²) in [6.45, 7) is 6.12. The van der Waals surface area contributed by atoms with Crippen molar-refractivity contribution in [3.8, 4) is 0 Å². The summed E-state index contributed by atoms with van der Waals surface area (Å²) in [5.41, 5.74) is 1.94. The molecular formula is C20H19Cl2N3OS2. The second-order valence-corrected chi connectivity index (χ2v) is 8.29. The van der Waals surface area contributed by atoms with Crippen LogP contribution in [-0.2, 0) is 0 Å². The Morgan fingerprint density at radius 1 is 1.11 bits per heavy atom. The van der Waals surface area contributed by atoms with Crippen molar-refractivity contribution < 1.29 is 4.79 Å². The molecule has 0 saturated heterocycles. The smallest absolute Gasteiger partial charge is 0.269 e. The number of thiocarbonyl (C=S) groups is 1. The van der Waals surface area contributed by atoms with Gasteiger partial charge in [0.15, 0.2) is 5.11 Å². The lowest BCUT2D eigenvalue weighted by Crippen LogP contribution is -2.33. The van der Waals surface area contributed by atoms with Crippen molar-refractivity contribution >= 4 is 79.2 Å². The van der Waals surface area contributed by atoms with Gasteiger partial charge in [0.2, 0.25) is 0 Å². The Balaban J connectivity index is 1.68. The molecule has 0 aliphatic rings. The second kappa shape index (κ2) is 9.09. The average molecular weight is 452 g/mol. The third-order valence-corrected chi connectivity index (χ3v) is 6.37. The quantitative estimate of drug-likeness (QED) is 0.454. The Kier molecular flexibility index (Phi) is 6.78. The first-order chi connectivity index (χ1) is 13.4. The number of anilines is 2. The third kappa shape index (κ3) is 4.58. The molecule has 1 aromatic heterocycles. The Hall–Kier alpha value is -1.86. The second-order valence-electron chi connectivity index (χ2n) is 6.01. The summed E-state index contributed by atoms with van der Waals surface area (Å²) in [5, 5.41) is 7.73. The van der Waals surface area contributed by atoms with Crippen molar-refractivity contribution in [3.63, 3.8) is 0 Å². The average Bonchev–Trinajstić information content (AvgIpc) is 3.00. The topological polar surface area (TPSA) is 44.4 Å². The molecule has 0 unspecified atom stereocenters. The van der Waals surface area contributed by atoms with E-state index < -0.39 is 0 Å². The zero-order chi connectivity index (χ0) is 20.3. The minimum absolute atomic E-state index is 0.215. The minimum atomic E-state index is -0.348. The fourth-order valence-corrected chi connectivity index (χ4v) is 4.75. The number of hydrogen-bond acceptors (Lipinski definition) is 4. The molecule has 3 aromatic rings. The highest BCUT2D eigenvalue weighted by Crippen LogP contribution is 2.36. The molecule has 0 aliphatic carbocycles. The van der Waals surface area contributed by atoms with Crippen molar-refractivity contribution in [2.75, 3.05) is 23.3 Å². The van der Waals surface area contributed by atoms with Crippen LogP contribution in [-0.4, -0.2) is 24.1 Å². The van der Waals surface area contributed by atoms with Crippen molar-refractivity contribution in [1.82, 2.24) is 5.32 Å². The van der Waals surface area contributed by atoms with Crippen LogP contribution in [0, 0.1) is 0 Å². The fourth-order valence-electron chi connectivity index (χ4n) is 2.85. The summed E-state index contributed by atoms with van der Waals surface area (Å²) in [7, 11) is 0. The molecule has 0 fully saturated rings. The summed E-state index contributed by atoms with van der Waals surface area (Å²) in [5.74, 6) is -0.348. The molecule has 0 bridgehead atoms. The number of carbonyl (C=O) groups excluding carboxylic acids is 1. The molecule has 2 N–H and O–H groups in total. The van der Waals surface area contributed by atoms with Gasteiger partial charge in [-0.25, -0.2) is 0 Å². The molecule has 0 spiro atoms. The van der Waals surface area contributed by atoms with E-state index in [4.69, 9.17) is 35.4 Å². The Morgan fingerprint density at radius 3 is 2.43 bits per heavy atom. The van der Waals surface area contributed by atoms with Crippen LogP contribution in [0.5, 0.6) is 0 Å². The number of fused-ring (bicyclic) bond motifs is 1. The summed E-state index contributed by atoms with van der Waals surface area (Å²) in [6, 6.07) is 13.2. The SMILES string of the molecule is CCN(CC)c1ccc(NC(=S)NC(=O)c2sc3cc(Cl)ccc3c2Cl)cc1. The fraction of sp³-hybridized carbons (Fsp3) is 0.200. The van der Waals surface area contributed by atoms with Gasteiger partial charge in [0.05, 0.1) is 5.02 Å². The number of thiophene rings is 1. The molecule has 0 aliphatic heterocycles. The first-order valence-electron chi connectivity index (χ1n) is 8.77. The van der Waals surface area contributed by atoms with E-state index in [1.54, 1.807) is 18.2 Å². The van der Waals surface area contributed by atoms with Crippen molar-refractivity contribution in [1.29, 1.82) is 0 Å². The molecule has 8 heteroatoms. The summed E-state index contributed by atoms with van der Waals surface area (Å²) in [6.07, 6.45) is 0. The molecule has 0 atom stereocenters. The molecule has 3 rings (SSSR count). The van der Waals surface area contributed by atoms with Crippen LogP contribution in [0.4, 0.5) is 11.4 Å². The van der Waals surface area contributed by atoms with Gasteiger partial charge in [0.1, 0.15) is 4.88 Å². The lowest BCUT2D eigenvalue weighted by Gasteiger charge is -2.21. The van der Waals surface area contributed by atoms with Gasteiger partial charge in [0.25, 0.3) is 5.91 Å². The van der Waals surface area contributed by atoms with Gasteiger partial charge in [-0.05, 0) is 62.5 Å². The first-order valence-corrected chi connectivity index (χ1v) is 10.8. The molecule has 4 nitrogen and oxygen atoms in total. The van der Waals surface area contributed by atoms with Gasteiger partial charge >= 0.3 is 0 Å². The zero-order valence-electron chi connectivity index (χ0n) is 15.4. The number of carbonyl (C=O) groups is 1. The number of benzene rings is 2. The summed E-state index contributed by atoms with van der Waals surface area (Å²) >= 11 is 18.9. The van der Waals surface area contributed by atoms with Gasteiger partial charge in [-0.15, -0.1) is 11.3 Å². The maximum atomic E-state index is 12.6. The number of nitrogens with zero attached hydrogens (tertiary/aromatic N) is 1. The van der Waals surface area contributed by atoms with Crippen LogP contribution in [0.2, 0.25) is 10.0 Å². The molecular weight excluding hydrogens is 433 g/mol. The van der Waals surface area contributed by atoms with Gasteiger partial charge < -0.3 is 10.2 Å². The highest BCUT2D eigenvalue weighted by atomic mass is 35.5. The highest BCUT2D eigenvalue weighted by molar-refractivity contribution is 7.80. The lowest BCUT2D eigenvalue weighted by molar-refractivity contribution is 0.0982. The van der Waals surface area contributed by atoms with E-state index in [0.29, 0.717) is 14.9 Å². The van der Waals surface area contributed by atoms with E-state index in [1.807, 2.05) is 24.3 Å². The van der Waals surface area contributed by atoms with Gasteiger partial charge in [0, 0.05) is 39.6 Å². The van der Waals surface area contributed by atoms with Crippen LogP contribution in [0.3, 0.4) is 0 Å². The van der Waals surface area contributed by atoms with Crippen LogP contribution < -0.4 is 15.5 Å².